The molecule has 0 aliphatic rings. The first-order chi connectivity index (χ1) is 19.8. The maximum absolute atomic E-state index is 4.96. The van der Waals surface area contributed by atoms with Crippen LogP contribution in [0.4, 0.5) is 0 Å². The van der Waals surface area contributed by atoms with Gasteiger partial charge < -0.3 is 0 Å². The molecule has 0 radical (unpaired) electrons. The van der Waals surface area contributed by atoms with Crippen molar-refractivity contribution in [2.45, 2.75) is 25.7 Å². The van der Waals surface area contributed by atoms with Gasteiger partial charge >= 0.3 is 0 Å². The fourth-order valence-corrected chi connectivity index (χ4v) is 5.68. The third-order valence-electron chi connectivity index (χ3n) is 7.61. The lowest BCUT2D eigenvalue weighted by atomic mass is 9.91. The molecule has 1 nitrogen and oxygen atoms in total. The Hall–Kier alpha value is -5.11. The third kappa shape index (κ3) is 4.53. The summed E-state index contributed by atoms with van der Waals surface area (Å²) in [6.45, 7) is 0. The maximum Gasteiger partial charge on any atom is 0.113 e. The average molecular weight is 510 g/mol. The van der Waals surface area contributed by atoms with Crippen molar-refractivity contribution in [3.05, 3.63) is 127 Å². The Kier molecular flexibility index (Phi) is 6.33. The van der Waals surface area contributed by atoms with Crippen molar-refractivity contribution in [3.8, 4) is 23.7 Å². The predicted octanol–water partition coefficient (Wildman–Crippen LogP) is 9.81. The molecule has 0 saturated carbocycles. The summed E-state index contributed by atoms with van der Waals surface area (Å²) in [7, 11) is 0. The van der Waals surface area contributed by atoms with Crippen molar-refractivity contribution < 1.29 is 0 Å². The molecule has 0 unspecified atom stereocenters. The van der Waals surface area contributed by atoms with Gasteiger partial charge in [-0.1, -0.05) is 103 Å². The smallest absolute Gasteiger partial charge is 0.113 e. The molecule has 1 heterocycles. The van der Waals surface area contributed by atoms with E-state index in [4.69, 9.17) is 4.98 Å². The van der Waals surface area contributed by atoms with Crippen molar-refractivity contribution in [2.75, 3.05) is 0 Å². The molecular formula is C39H27N. The summed E-state index contributed by atoms with van der Waals surface area (Å²) < 4.78 is 0. The first-order valence-corrected chi connectivity index (χ1v) is 13.9. The lowest BCUT2D eigenvalue weighted by molar-refractivity contribution is 0.782. The Balaban J connectivity index is 1.20. The second kappa shape index (κ2) is 10.6. The van der Waals surface area contributed by atoms with E-state index in [9.17, 15) is 0 Å². The van der Waals surface area contributed by atoms with Crippen LogP contribution in [0.2, 0.25) is 0 Å². The first kappa shape index (κ1) is 24.0. The van der Waals surface area contributed by atoms with E-state index in [0.29, 0.717) is 0 Å². The summed E-state index contributed by atoms with van der Waals surface area (Å²) in [4.78, 5) is 4.96. The van der Waals surface area contributed by atoms with Gasteiger partial charge in [-0.3, -0.25) is 0 Å². The van der Waals surface area contributed by atoms with Crippen molar-refractivity contribution in [2.24, 2.45) is 0 Å². The molecule has 0 N–H and O–H groups in total. The van der Waals surface area contributed by atoms with Gasteiger partial charge in [0.25, 0.3) is 0 Å². The van der Waals surface area contributed by atoms with Gasteiger partial charge in [-0.15, -0.1) is 0 Å². The van der Waals surface area contributed by atoms with Gasteiger partial charge in [-0.05, 0) is 92.2 Å². The van der Waals surface area contributed by atoms with Gasteiger partial charge in [-0.2, -0.15) is 0 Å². The van der Waals surface area contributed by atoms with Gasteiger partial charge in [-0.25, -0.2) is 4.98 Å². The Morgan fingerprint density at radius 1 is 0.450 bits per heavy atom. The molecule has 0 aliphatic heterocycles. The Labute approximate surface area is 234 Å². The fraction of sp³-hybridized carbons (Fsp3) is 0.103. The van der Waals surface area contributed by atoms with Crippen LogP contribution in [0.15, 0.2) is 115 Å². The van der Waals surface area contributed by atoms with E-state index in [0.717, 1.165) is 42.5 Å². The number of pyridine rings is 1. The van der Waals surface area contributed by atoms with Crippen LogP contribution in [0, 0.1) is 23.7 Å². The minimum absolute atomic E-state index is 0.825. The number of nitrogens with zero attached hydrogens (tertiary/aromatic N) is 1. The van der Waals surface area contributed by atoms with Gasteiger partial charge in [0.05, 0.1) is 5.52 Å². The molecule has 7 rings (SSSR count). The van der Waals surface area contributed by atoms with E-state index in [1.165, 1.54) is 48.5 Å². The topological polar surface area (TPSA) is 12.9 Å². The fourth-order valence-electron chi connectivity index (χ4n) is 5.68. The zero-order chi connectivity index (χ0) is 26.7. The number of rotatable bonds is 3. The molecule has 1 heteroatoms. The highest BCUT2D eigenvalue weighted by molar-refractivity contribution is 6.31. The molecule has 0 spiro atoms. The minimum atomic E-state index is 0.825. The van der Waals surface area contributed by atoms with Crippen LogP contribution in [0.3, 0.4) is 0 Å². The number of benzene rings is 6. The van der Waals surface area contributed by atoms with Gasteiger partial charge in [0.15, 0.2) is 0 Å². The number of hydrogen-bond donors (Lipinski definition) is 0. The summed E-state index contributed by atoms with van der Waals surface area (Å²) in [5.41, 5.74) is 2.89. The Morgan fingerprint density at radius 2 is 1.05 bits per heavy atom. The summed E-state index contributed by atoms with van der Waals surface area (Å²) in [5, 5.41) is 11.3. The van der Waals surface area contributed by atoms with Crippen molar-refractivity contribution in [1.29, 1.82) is 0 Å². The number of aromatic nitrogens is 1. The summed E-state index contributed by atoms with van der Waals surface area (Å²) in [6.07, 6.45) is 3.85. The Bertz CT molecular complexity index is 2160. The van der Waals surface area contributed by atoms with Gasteiger partial charge in [0.2, 0.25) is 0 Å². The predicted molar refractivity (Wildman–Crippen MR) is 170 cm³/mol. The van der Waals surface area contributed by atoms with Crippen LogP contribution in [-0.4, -0.2) is 4.98 Å². The molecular weight excluding hydrogens is 482 g/mol. The maximum atomic E-state index is 4.96. The quantitative estimate of drug-likeness (QED) is 0.131. The molecule has 0 amide bonds. The third-order valence-corrected chi connectivity index (χ3v) is 7.61. The molecule has 0 aliphatic carbocycles. The zero-order valence-corrected chi connectivity index (χ0v) is 22.2. The lowest BCUT2D eigenvalue weighted by Crippen LogP contribution is -1.88. The highest BCUT2D eigenvalue weighted by atomic mass is 14.7. The van der Waals surface area contributed by atoms with Crippen LogP contribution in [0.1, 0.15) is 36.9 Å². The monoisotopic (exact) mass is 509 g/mol. The van der Waals surface area contributed by atoms with Crippen LogP contribution in [0.5, 0.6) is 0 Å². The number of unbranched alkanes of at least 4 members (excludes halogenated alkanes) is 3. The van der Waals surface area contributed by atoms with Crippen molar-refractivity contribution >= 4 is 54.0 Å². The van der Waals surface area contributed by atoms with E-state index >= 15 is 0 Å². The molecule has 40 heavy (non-hydrogen) atoms. The van der Waals surface area contributed by atoms with Crippen LogP contribution < -0.4 is 0 Å². The second-order valence-corrected chi connectivity index (χ2v) is 10.2. The van der Waals surface area contributed by atoms with E-state index in [1.807, 2.05) is 30.3 Å². The number of fused-ring (bicyclic) bond motifs is 9. The standard InChI is InChI=1S/C39H27N/c1(3-6-12-28-13-7-5-8-14-28)2-4-9-16-33-25-26-35-36(40-33)27-24-31-21-23-32-22-20-30-19-18-29-15-10-11-17-34(29)37(30)39(32)38(31)35/h5,7-8,10-11,13-15,17-27H,1-4H2. The van der Waals surface area contributed by atoms with Crippen molar-refractivity contribution in [1.82, 2.24) is 4.98 Å². The molecule has 1 aromatic heterocycles. The SMILES string of the molecule is C(#Cc1ccccc1)CCCCC#Cc1ccc2c(ccc3ccc4ccc5ccc6ccccc6c5c4c32)n1. The largest absolute Gasteiger partial charge is 0.239 e. The normalized spacial score (nSPS) is 11.0. The molecule has 0 atom stereocenters. The zero-order valence-electron chi connectivity index (χ0n) is 22.2. The summed E-state index contributed by atoms with van der Waals surface area (Å²) >= 11 is 0. The van der Waals surface area contributed by atoms with Crippen LogP contribution in [-0.2, 0) is 0 Å². The van der Waals surface area contributed by atoms with E-state index in [1.54, 1.807) is 0 Å². The minimum Gasteiger partial charge on any atom is -0.239 e. The van der Waals surface area contributed by atoms with Gasteiger partial charge in [0.1, 0.15) is 5.69 Å². The molecule has 188 valence electrons. The lowest BCUT2D eigenvalue weighted by Gasteiger charge is -2.13. The average Bonchev–Trinajstić information content (AvgIpc) is 3.01. The van der Waals surface area contributed by atoms with Crippen molar-refractivity contribution in [3.63, 3.8) is 0 Å². The van der Waals surface area contributed by atoms with E-state index in [2.05, 4.69) is 109 Å². The van der Waals surface area contributed by atoms with Crippen LogP contribution >= 0.6 is 0 Å². The molecule has 0 fully saturated rings. The first-order valence-electron chi connectivity index (χ1n) is 13.9. The molecule has 0 saturated heterocycles. The highest BCUT2D eigenvalue weighted by Crippen LogP contribution is 2.39. The second-order valence-electron chi connectivity index (χ2n) is 10.2. The Morgan fingerprint density at radius 3 is 1.82 bits per heavy atom. The molecule has 7 aromatic rings. The summed E-state index contributed by atoms with van der Waals surface area (Å²) in [6, 6.07) is 40.8. The van der Waals surface area contributed by atoms with Crippen LogP contribution in [0.25, 0.3) is 54.0 Å². The van der Waals surface area contributed by atoms with E-state index < -0.39 is 0 Å². The summed E-state index contributed by atoms with van der Waals surface area (Å²) in [5.74, 6) is 13.1. The van der Waals surface area contributed by atoms with E-state index in [-0.39, 0.29) is 0 Å². The molecule has 6 aromatic carbocycles. The number of hydrogen-bond acceptors (Lipinski definition) is 1. The van der Waals surface area contributed by atoms with Gasteiger partial charge in [0, 0.05) is 23.8 Å². The molecule has 0 bridgehead atoms. The highest BCUT2D eigenvalue weighted by Gasteiger charge is 2.12.